The molecule has 1 aromatic rings. The molecule has 0 saturated carbocycles. The topological polar surface area (TPSA) is 55.7 Å². The van der Waals surface area contributed by atoms with Crippen LogP contribution in [-0.2, 0) is 9.53 Å². The molecule has 1 aromatic carbocycles. The number of benzene rings is 1. The molecule has 0 heterocycles. The van der Waals surface area contributed by atoms with E-state index in [9.17, 15) is 9.59 Å². The summed E-state index contributed by atoms with van der Waals surface area (Å²) in [6.07, 6.45) is 1.69. The highest BCUT2D eigenvalue weighted by Gasteiger charge is 2.14. The van der Waals surface area contributed by atoms with Gasteiger partial charge in [0.05, 0.1) is 13.3 Å². The van der Waals surface area contributed by atoms with Crippen molar-refractivity contribution in [1.82, 2.24) is 0 Å². The van der Waals surface area contributed by atoms with Crippen LogP contribution in [0.1, 0.15) is 23.7 Å². The van der Waals surface area contributed by atoms with E-state index in [0.29, 0.717) is 12.0 Å². The summed E-state index contributed by atoms with van der Waals surface area (Å²) >= 11 is 0. The first-order valence-electron chi connectivity index (χ1n) is 5.39. The number of nitrogens with zero attached hydrogens (tertiary/aromatic N) is 1. The second-order valence-corrected chi connectivity index (χ2v) is 3.46. The van der Waals surface area contributed by atoms with E-state index in [1.165, 1.54) is 13.3 Å². The van der Waals surface area contributed by atoms with Crippen molar-refractivity contribution < 1.29 is 14.3 Å². The molecule has 1 atom stereocenters. The Morgan fingerprint density at radius 1 is 1.35 bits per heavy atom. The largest absolute Gasteiger partial charge is 0.467 e. The molecule has 0 radical (unpaired) electrons. The van der Waals surface area contributed by atoms with E-state index in [0.717, 1.165) is 0 Å². The SMILES string of the molecule is CCC(N=CC(=O)c1ccccc1)C(=O)OC. The monoisotopic (exact) mass is 233 g/mol. The molecule has 4 nitrogen and oxygen atoms in total. The van der Waals surface area contributed by atoms with Crippen molar-refractivity contribution in [2.24, 2.45) is 4.99 Å². The van der Waals surface area contributed by atoms with Crippen LogP contribution in [0.3, 0.4) is 0 Å². The number of aliphatic imine (C=N–C) groups is 1. The summed E-state index contributed by atoms with van der Waals surface area (Å²) in [4.78, 5) is 26.9. The zero-order chi connectivity index (χ0) is 12.7. The molecule has 90 valence electrons. The number of rotatable bonds is 5. The minimum absolute atomic E-state index is 0.215. The zero-order valence-corrected chi connectivity index (χ0v) is 9.92. The minimum atomic E-state index is -0.604. The number of hydrogen-bond acceptors (Lipinski definition) is 4. The lowest BCUT2D eigenvalue weighted by Crippen LogP contribution is -2.20. The summed E-state index contributed by atoms with van der Waals surface area (Å²) in [6, 6.07) is 8.18. The van der Waals surface area contributed by atoms with Crippen LogP contribution < -0.4 is 0 Å². The van der Waals surface area contributed by atoms with Crippen molar-refractivity contribution in [3.05, 3.63) is 35.9 Å². The Labute approximate surface area is 100 Å². The van der Waals surface area contributed by atoms with E-state index < -0.39 is 12.0 Å². The number of esters is 1. The van der Waals surface area contributed by atoms with Gasteiger partial charge in [0, 0.05) is 5.56 Å². The summed E-state index contributed by atoms with van der Waals surface area (Å²) in [5.41, 5.74) is 0.552. The third-order valence-corrected chi connectivity index (χ3v) is 2.29. The van der Waals surface area contributed by atoms with Gasteiger partial charge in [-0.25, -0.2) is 4.79 Å². The highest BCUT2D eigenvalue weighted by Crippen LogP contribution is 2.02. The van der Waals surface area contributed by atoms with Crippen molar-refractivity contribution >= 4 is 18.0 Å². The standard InChI is InChI=1S/C13H15NO3/c1-3-11(13(16)17-2)14-9-12(15)10-7-5-4-6-8-10/h4-9,11H,3H2,1-2H3. The van der Waals surface area contributed by atoms with Crippen LogP contribution in [0.4, 0.5) is 0 Å². The lowest BCUT2D eigenvalue weighted by molar-refractivity contribution is -0.142. The summed E-state index contributed by atoms with van der Waals surface area (Å²) in [6.45, 7) is 1.81. The first-order valence-corrected chi connectivity index (χ1v) is 5.39. The predicted octanol–water partition coefficient (Wildman–Crippen LogP) is 1.89. The molecule has 0 spiro atoms. The molecular formula is C13H15NO3. The van der Waals surface area contributed by atoms with Crippen LogP contribution >= 0.6 is 0 Å². The van der Waals surface area contributed by atoms with E-state index >= 15 is 0 Å². The lowest BCUT2D eigenvalue weighted by atomic mass is 10.1. The molecule has 0 bridgehead atoms. The fourth-order valence-electron chi connectivity index (χ4n) is 1.30. The third-order valence-electron chi connectivity index (χ3n) is 2.29. The van der Waals surface area contributed by atoms with Crippen molar-refractivity contribution in [2.75, 3.05) is 7.11 Å². The van der Waals surface area contributed by atoms with Crippen molar-refractivity contribution in [3.63, 3.8) is 0 Å². The highest BCUT2D eigenvalue weighted by atomic mass is 16.5. The number of ketones is 1. The van der Waals surface area contributed by atoms with Gasteiger partial charge in [0.25, 0.3) is 0 Å². The zero-order valence-electron chi connectivity index (χ0n) is 9.92. The Morgan fingerprint density at radius 2 is 2.00 bits per heavy atom. The maximum absolute atomic E-state index is 11.7. The van der Waals surface area contributed by atoms with Crippen LogP contribution in [0, 0.1) is 0 Å². The Morgan fingerprint density at radius 3 is 2.53 bits per heavy atom. The fourth-order valence-corrected chi connectivity index (χ4v) is 1.30. The molecule has 0 aliphatic carbocycles. The summed E-state index contributed by atoms with van der Waals surface area (Å²) in [5, 5.41) is 0. The Kier molecular flexibility index (Phi) is 5.07. The van der Waals surface area contributed by atoms with Gasteiger partial charge in [-0.3, -0.25) is 9.79 Å². The molecule has 0 fully saturated rings. The number of hydrogen-bond donors (Lipinski definition) is 0. The quantitative estimate of drug-likeness (QED) is 0.443. The van der Waals surface area contributed by atoms with Crippen molar-refractivity contribution in [1.29, 1.82) is 0 Å². The van der Waals surface area contributed by atoms with Crippen LogP contribution in [0.2, 0.25) is 0 Å². The van der Waals surface area contributed by atoms with Crippen LogP contribution in [0.5, 0.6) is 0 Å². The van der Waals surface area contributed by atoms with Gasteiger partial charge in [-0.1, -0.05) is 37.3 Å². The Balaban J connectivity index is 2.70. The number of ether oxygens (including phenoxy) is 1. The number of methoxy groups -OCH3 is 1. The van der Waals surface area contributed by atoms with Gasteiger partial charge in [-0.2, -0.15) is 0 Å². The number of carbonyl (C=O) groups excluding carboxylic acids is 2. The van der Waals surface area contributed by atoms with Gasteiger partial charge in [-0.05, 0) is 6.42 Å². The molecule has 0 N–H and O–H groups in total. The average Bonchev–Trinajstić information content (AvgIpc) is 2.39. The van der Waals surface area contributed by atoms with E-state index in [1.807, 2.05) is 13.0 Å². The predicted molar refractivity (Wildman–Crippen MR) is 65.4 cm³/mol. The van der Waals surface area contributed by atoms with Gasteiger partial charge < -0.3 is 4.74 Å². The first-order chi connectivity index (χ1) is 8.19. The molecular weight excluding hydrogens is 218 g/mol. The molecule has 0 amide bonds. The smallest absolute Gasteiger partial charge is 0.330 e. The van der Waals surface area contributed by atoms with Crippen molar-refractivity contribution in [2.45, 2.75) is 19.4 Å². The molecule has 0 aromatic heterocycles. The molecule has 4 heteroatoms. The summed E-state index contributed by atoms with van der Waals surface area (Å²) in [5.74, 6) is -0.641. The van der Waals surface area contributed by atoms with E-state index in [-0.39, 0.29) is 5.78 Å². The summed E-state index contributed by atoms with van der Waals surface area (Å²) in [7, 11) is 1.31. The first kappa shape index (κ1) is 13.1. The normalized spacial score (nSPS) is 12.4. The van der Waals surface area contributed by atoms with E-state index in [4.69, 9.17) is 0 Å². The average molecular weight is 233 g/mol. The van der Waals surface area contributed by atoms with Gasteiger partial charge in [-0.15, -0.1) is 0 Å². The van der Waals surface area contributed by atoms with Gasteiger partial charge in [0.15, 0.2) is 0 Å². The second kappa shape index (κ2) is 6.58. The third kappa shape index (κ3) is 3.83. The number of Topliss-reactive ketones (excluding diaryl/α,β-unsaturated/α-hetero) is 1. The summed E-state index contributed by atoms with van der Waals surface area (Å²) < 4.78 is 4.58. The second-order valence-electron chi connectivity index (χ2n) is 3.46. The van der Waals surface area contributed by atoms with Crippen LogP contribution in [-0.4, -0.2) is 31.1 Å². The Bertz CT molecular complexity index is 412. The molecule has 0 aliphatic heterocycles. The molecule has 0 saturated heterocycles. The van der Waals surface area contributed by atoms with Gasteiger partial charge >= 0.3 is 5.97 Å². The van der Waals surface area contributed by atoms with Crippen LogP contribution in [0.25, 0.3) is 0 Å². The van der Waals surface area contributed by atoms with Gasteiger partial charge in [0.1, 0.15) is 6.04 Å². The molecule has 17 heavy (non-hydrogen) atoms. The Hall–Kier alpha value is -1.97. The van der Waals surface area contributed by atoms with E-state index in [1.54, 1.807) is 24.3 Å². The molecule has 1 unspecified atom stereocenters. The maximum atomic E-state index is 11.7. The van der Waals surface area contributed by atoms with E-state index in [2.05, 4.69) is 9.73 Å². The molecule has 1 rings (SSSR count). The maximum Gasteiger partial charge on any atom is 0.330 e. The fraction of sp³-hybridized carbons (Fsp3) is 0.308. The highest BCUT2D eigenvalue weighted by molar-refractivity contribution is 6.35. The van der Waals surface area contributed by atoms with Gasteiger partial charge in [0.2, 0.25) is 5.78 Å². The van der Waals surface area contributed by atoms with Crippen molar-refractivity contribution in [3.8, 4) is 0 Å². The minimum Gasteiger partial charge on any atom is -0.467 e. The van der Waals surface area contributed by atoms with Crippen LogP contribution in [0.15, 0.2) is 35.3 Å². The molecule has 0 aliphatic rings. The lowest BCUT2D eigenvalue weighted by Gasteiger charge is -2.05. The number of carbonyl (C=O) groups is 2.